The third-order valence-electron chi connectivity index (χ3n) is 4.83. The molecule has 8 heteroatoms. The number of nitrogens with zero attached hydrogens (tertiary/aromatic N) is 1. The second-order valence-electron chi connectivity index (χ2n) is 7.14. The second-order valence-corrected chi connectivity index (χ2v) is 7.14. The van der Waals surface area contributed by atoms with Gasteiger partial charge in [0.05, 0.1) is 12.0 Å². The van der Waals surface area contributed by atoms with Crippen molar-refractivity contribution >= 4 is 35.0 Å². The summed E-state index contributed by atoms with van der Waals surface area (Å²) < 4.78 is 4.52. The summed E-state index contributed by atoms with van der Waals surface area (Å²) in [4.78, 5) is 34.1. The molecule has 0 aliphatic heterocycles. The number of carbonyl (C=O) groups is 2. The number of nitro groups is 1. The Morgan fingerprint density at radius 3 is 2.50 bits per heavy atom. The first-order chi connectivity index (χ1) is 14.4. The number of nitro benzene ring substituents is 1. The van der Waals surface area contributed by atoms with E-state index in [0.29, 0.717) is 11.3 Å². The minimum Gasteiger partial charge on any atom is -0.466 e. The van der Waals surface area contributed by atoms with Gasteiger partial charge in [-0.15, -0.1) is 0 Å². The number of methoxy groups -OCH3 is 1. The van der Waals surface area contributed by atoms with Crippen LogP contribution in [0.5, 0.6) is 0 Å². The number of anilines is 2. The highest BCUT2D eigenvalue weighted by atomic mass is 16.6. The van der Waals surface area contributed by atoms with E-state index in [1.54, 1.807) is 12.1 Å². The Morgan fingerprint density at radius 1 is 1.20 bits per heavy atom. The molecule has 1 aliphatic carbocycles. The number of hydrogen-bond donors (Lipinski definition) is 2. The second kappa shape index (κ2) is 9.21. The Balaban J connectivity index is 1.71. The van der Waals surface area contributed by atoms with Crippen LogP contribution in [-0.4, -0.2) is 23.9 Å². The molecule has 0 bridgehead atoms. The van der Waals surface area contributed by atoms with E-state index in [9.17, 15) is 19.7 Å². The van der Waals surface area contributed by atoms with Gasteiger partial charge in [-0.25, -0.2) is 4.79 Å². The van der Waals surface area contributed by atoms with Crippen LogP contribution in [0.3, 0.4) is 0 Å². The predicted octanol–water partition coefficient (Wildman–Crippen LogP) is 4.30. The van der Waals surface area contributed by atoms with Crippen molar-refractivity contribution in [3.63, 3.8) is 0 Å². The van der Waals surface area contributed by atoms with Gasteiger partial charge in [0, 0.05) is 29.8 Å². The van der Waals surface area contributed by atoms with E-state index < -0.39 is 10.9 Å². The highest BCUT2D eigenvalue weighted by Gasteiger charge is 2.29. The number of hydrogen-bond acceptors (Lipinski definition) is 6. The summed E-state index contributed by atoms with van der Waals surface area (Å²) >= 11 is 0. The Hall–Kier alpha value is -3.68. The van der Waals surface area contributed by atoms with Gasteiger partial charge >= 0.3 is 5.97 Å². The summed E-state index contributed by atoms with van der Waals surface area (Å²) in [6.45, 7) is 1.90. The summed E-state index contributed by atoms with van der Waals surface area (Å²) in [5.41, 5.74) is 2.44. The first kappa shape index (κ1) is 21.0. The van der Waals surface area contributed by atoms with Crippen molar-refractivity contribution in [2.45, 2.75) is 25.8 Å². The molecule has 0 radical (unpaired) electrons. The Bertz CT molecular complexity index is 981. The lowest BCUT2D eigenvalue weighted by molar-refractivity contribution is -0.384. The fraction of sp³-hybridized carbons (Fsp3) is 0.273. The first-order valence-corrected chi connectivity index (χ1v) is 9.59. The summed E-state index contributed by atoms with van der Waals surface area (Å²) in [6, 6.07) is 11.9. The highest BCUT2D eigenvalue weighted by Crippen LogP contribution is 2.31. The van der Waals surface area contributed by atoms with E-state index in [2.05, 4.69) is 15.4 Å². The maximum absolute atomic E-state index is 11.8. The van der Waals surface area contributed by atoms with Crippen molar-refractivity contribution in [2.75, 3.05) is 17.7 Å². The van der Waals surface area contributed by atoms with Crippen molar-refractivity contribution in [3.05, 3.63) is 69.8 Å². The molecule has 3 rings (SSSR count). The molecular formula is C22H23N3O5. The Labute approximate surface area is 174 Å². The molecule has 1 amide bonds. The van der Waals surface area contributed by atoms with Crippen LogP contribution in [0.2, 0.25) is 0 Å². The minimum absolute atomic E-state index is 0.0471. The van der Waals surface area contributed by atoms with E-state index in [4.69, 9.17) is 0 Å². The molecule has 1 atom stereocenters. The molecule has 2 aromatic rings. The summed E-state index contributed by atoms with van der Waals surface area (Å²) in [5, 5.41) is 17.5. The molecule has 0 saturated heterocycles. The summed E-state index contributed by atoms with van der Waals surface area (Å²) in [6.07, 6.45) is 4.56. The SMILES string of the molecule is COC(=O)C=Cc1ccc(NC(C)c2ccc(NC(=O)C3CC3)cc2)c([N+](=O)[O-])c1. The topological polar surface area (TPSA) is 111 Å². The van der Waals surface area contributed by atoms with Gasteiger partial charge in [-0.3, -0.25) is 14.9 Å². The Kier molecular flexibility index (Phi) is 6.46. The van der Waals surface area contributed by atoms with Gasteiger partial charge in [0.2, 0.25) is 5.91 Å². The fourth-order valence-electron chi connectivity index (χ4n) is 2.92. The van der Waals surface area contributed by atoms with E-state index in [0.717, 1.165) is 24.1 Å². The molecule has 1 fully saturated rings. The number of benzene rings is 2. The molecule has 1 saturated carbocycles. The third kappa shape index (κ3) is 5.44. The first-order valence-electron chi connectivity index (χ1n) is 9.59. The maximum Gasteiger partial charge on any atom is 0.330 e. The fourth-order valence-corrected chi connectivity index (χ4v) is 2.92. The van der Waals surface area contributed by atoms with E-state index in [1.807, 2.05) is 31.2 Å². The van der Waals surface area contributed by atoms with Crippen LogP contribution in [0.15, 0.2) is 48.5 Å². The zero-order chi connectivity index (χ0) is 21.7. The van der Waals surface area contributed by atoms with Gasteiger partial charge in [-0.1, -0.05) is 18.2 Å². The van der Waals surface area contributed by atoms with Crippen molar-refractivity contribution in [1.82, 2.24) is 0 Å². The highest BCUT2D eigenvalue weighted by molar-refractivity contribution is 5.94. The minimum atomic E-state index is -0.537. The lowest BCUT2D eigenvalue weighted by Crippen LogP contribution is -2.13. The lowest BCUT2D eigenvalue weighted by atomic mass is 10.1. The van der Waals surface area contributed by atoms with Crippen LogP contribution in [0, 0.1) is 16.0 Å². The van der Waals surface area contributed by atoms with Crippen molar-refractivity contribution in [3.8, 4) is 0 Å². The van der Waals surface area contributed by atoms with Gasteiger partial charge in [0.15, 0.2) is 0 Å². The lowest BCUT2D eigenvalue weighted by Gasteiger charge is -2.16. The van der Waals surface area contributed by atoms with Gasteiger partial charge < -0.3 is 15.4 Å². The van der Waals surface area contributed by atoms with Crippen LogP contribution in [0.25, 0.3) is 6.08 Å². The van der Waals surface area contributed by atoms with Crippen LogP contribution in [-0.2, 0) is 14.3 Å². The molecule has 0 spiro atoms. The smallest absolute Gasteiger partial charge is 0.330 e. The summed E-state index contributed by atoms with van der Waals surface area (Å²) in [7, 11) is 1.26. The largest absolute Gasteiger partial charge is 0.466 e. The predicted molar refractivity (Wildman–Crippen MR) is 114 cm³/mol. The number of nitrogens with one attached hydrogen (secondary N) is 2. The van der Waals surface area contributed by atoms with Crippen LogP contribution in [0.1, 0.15) is 36.9 Å². The van der Waals surface area contributed by atoms with E-state index in [1.165, 1.54) is 25.3 Å². The molecule has 1 aliphatic rings. The van der Waals surface area contributed by atoms with E-state index in [-0.39, 0.29) is 23.6 Å². The zero-order valence-electron chi connectivity index (χ0n) is 16.8. The Morgan fingerprint density at radius 2 is 1.90 bits per heavy atom. The van der Waals surface area contributed by atoms with Gasteiger partial charge in [0.25, 0.3) is 5.69 Å². The van der Waals surface area contributed by atoms with Gasteiger partial charge in [-0.2, -0.15) is 0 Å². The molecule has 0 heterocycles. The quantitative estimate of drug-likeness (QED) is 0.291. The average Bonchev–Trinajstić information content (AvgIpc) is 3.58. The van der Waals surface area contributed by atoms with E-state index >= 15 is 0 Å². The van der Waals surface area contributed by atoms with Crippen molar-refractivity contribution < 1.29 is 19.2 Å². The molecule has 156 valence electrons. The molecular weight excluding hydrogens is 386 g/mol. The standard InChI is InChI=1S/C22H23N3O5/c1-14(16-7-9-18(10-8-16)24-22(27)17-5-6-17)23-19-11-3-15(4-12-21(26)30-2)13-20(19)25(28)29/h3-4,7-14,17,23H,5-6H2,1-2H3,(H,24,27). The van der Waals surface area contributed by atoms with Crippen LogP contribution >= 0.6 is 0 Å². The molecule has 2 N–H and O–H groups in total. The van der Waals surface area contributed by atoms with Gasteiger partial charge in [-0.05, 0) is 55.2 Å². The molecule has 0 aromatic heterocycles. The van der Waals surface area contributed by atoms with Crippen molar-refractivity contribution in [2.24, 2.45) is 5.92 Å². The van der Waals surface area contributed by atoms with Crippen LogP contribution < -0.4 is 10.6 Å². The molecule has 8 nitrogen and oxygen atoms in total. The normalized spacial score (nSPS) is 14.2. The monoisotopic (exact) mass is 409 g/mol. The number of esters is 1. The van der Waals surface area contributed by atoms with Gasteiger partial charge in [0.1, 0.15) is 5.69 Å². The maximum atomic E-state index is 11.8. The molecule has 1 unspecified atom stereocenters. The number of ether oxygens (including phenoxy) is 1. The summed E-state index contributed by atoms with van der Waals surface area (Å²) in [5.74, 6) is -0.354. The third-order valence-corrected chi connectivity index (χ3v) is 4.83. The van der Waals surface area contributed by atoms with Crippen LogP contribution in [0.4, 0.5) is 17.1 Å². The molecule has 2 aromatic carbocycles. The number of rotatable bonds is 8. The van der Waals surface area contributed by atoms with Crippen molar-refractivity contribution in [1.29, 1.82) is 0 Å². The number of carbonyl (C=O) groups excluding carboxylic acids is 2. The molecule has 30 heavy (non-hydrogen) atoms. The zero-order valence-corrected chi connectivity index (χ0v) is 16.8. The average molecular weight is 409 g/mol. The number of amides is 1.